The van der Waals surface area contributed by atoms with Crippen molar-refractivity contribution in [3.63, 3.8) is 0 Å². The van der Waals surface area contributed by atoms with Crippen molar-refractivity contribution in [3.05, 3.63) is 11.7 Å². The van der Waals surface area contributed by atoms with Gasteiger partial charge >= 0.3 is 0 Å². The minimum absolute atomic E-state index is 0.203. The average molecular weight is 389 g/mol. The van der Waals surface area contributed by atoms with Crippen molar-refractivity contribution in [1.82, 2.24) is 19.9 Å². The van der Waals surface area contributed by atoms with Gasteiger partial charge in [-0.2, -0.15) is 4.98 Å². The van der Waals surface area contributed by atoms with E-state index < -0.39 is 0 Å². The SMILES string of the molecule is Cc1noc([C@]23CN(C(=O)CC4CCCC4)C[C@H]2CN(C2CCOCC2)C3)n1. The zero-order chi connectivity index (χ0) is 19.1. The standard InChI is InChI=1S/C21H32N4O3/c1-15-22-20(28-23-15)21-13-24(18-6-8-27-9-7-18)11-17(21)12-25(14-21)19(26)10-16-4-2-3-5-16/h16-18H,2-14H2,1H3/t17-,21-/m1/s1. The number of amides is 1. The van der Waals surface area contributed by atoms with Crippen molar-refractivity contribution in [2.24, 2.45) is 11.8 Å². The Kier molecular flexibility index (Phi) is 4.91. The summed E-state index contributed by atoms with van der Waals surface area (Å²) in [5.41, 5.74) is -0.203. The number of nitrogens with zero attached hydrogens (tertiary/aromatic N) is 4. The molecule has 0 aromatic carbocycles. The van der Waals surface area contributed by atoms with Gasteiger partial charge in [0.25, 0.3) is 0 Å². The van der Waals surface area contributed by atoms with Gasteiger partial charge in [-0.15, -0.1) is 0 Å². The van der Waals surface area contributed by atoms with Crippen LogP contribution in [0.2, 0.25) is 0 Å². The molecule has 4 heterocycles. The molecule has 7 heteroatoms. The lowest BCUT2D eigenvalue weighted by Gasteiger charge is -2.33. The van der Waals surface area contributed by atoms with Gasteiger partial charge in [-0.3, -0.25) is 9.69 Å². The van der Waals surface area contributed by atoms with Gasteiger partial charge < -0.3 is 14.2 Å². The lowest BCUT2D eigenvalue weighted by atomic mass is 9.81. The van der Waals surface area contributed by atoms with Crippen LogP contribution in [0.15, 0.2) is 4.52 Å². The number of carbonyl (C=O) groups is 1. The normalized spacial score (nSPS) is 32.3. The maximum atomic E-state index is 13.0. The molecule has 0 unspecified atom stereocenters. The highest BCUT2D eigenvalue weighted by Crippen LogP contribution is 2.46. The van der Waals surface area contributed by atoms with Gasteiger partial charge in [0.1, 0.15) is 0 Å². The van der Waals surface area contributed by atoms with E-state index >= 15 is 0 Å². The Balaban J connectivity index is 1.34. The van der Waals surface area contributed by atoms with Gasteiger partial charge in [0.15, 0.2) is 5.82 Å². The summed E-state index contributed by atoms with van der Waals surface area (Å²) >= 11 is 0. The molecule has 0 radical (unpaired) electrons. The number of carbonyl (C=O) groups excluding carboxylic acids is 1. The van der Waals surface area contributed by atoms with Crippen LogP contribution in [0.1, 0.15) is 56.7 Å². The summed E-state index contributed by atoms with van der Waals surface area (Å²) in [5.74, 6) is 2.72. The summed E-state index contributed by atoms with van der Waals surface area (Å²) in [6.45, 7) is 7.06. The molecule has 4 aliphatic rings. The molecule has 28 heavy (non-hydrogen) atoms. The van der Waals surface area contributed by atoms with Gasteiger partial charge in [-0.1, -0.05) is 18.0 Å². The first-order valence-electron chi connectivity index (χ1n) is 11.0. The number of aromatic nitrogens is 2. The molecule has 0 spiro atoms. The van der Waals surface area contributed by atoms with Crippen molar-refractivity contribution in [2.45, 2.75) is 63.3 Å². The summed E-state index contributed by atoms with van der Waals surface area (Å²) < 4.78 is 11.3. The largest absolute Gasteiger partial charge is 0.381 e. The van der Waals surface area contributed by atoms with Crippen LogP contribution in [0.4, 0.5) is 0 Å². The molecule has 0 bridgehead atoms. The molecule has 1 aromatic heterocycles. The molecule has 154 valence electrons. The van der Waals surface area contributed by atoms with E-state index in [0.29, 0.717) is 29.6 Å². The third-order valence-corrected chi connectivity index (χ3v) is 7.59. The van der Waals surface area contributed by atoms with Gasteiger partial charge in [0.2, 0.25) is 11.8 Å². The molecule has 2 atom stereocenters. The minimum Gasteiger partial charge on any atom is -0.381 e. The fraction of sp³-hybridized carbons (Fsp3) is 0.857. The van der Waals surface area contributed by atoms with E-state index in [2.05, 4.69) is 19.9 Å². The van der Waals surface area contributed by atoms with Crippen LogP contribution in [-0.2, 0) is 14.9 Å². The molecule has 5 rings (SSSR count). The van der Waals surface area contributed by atoms with E-state index in [1.54, 1.807) is 0 Å². The summed E-state index contributed by atoms with van der Waals surface area (Å²) in [6.07, 6.45) is 7.90. The second kappa shape index (κ2) is 7.41. The highest BCUT2D eigenvalue weighted by Gasteiger charge is 2.58. The maximum Gasteiger partial charge on any atom is 0.236 e. The Morgan fingerprint density at radius 1 is 1.14 bits per heavy atom. The number of hydrogen-bond acceptors (Lipinski definition) is 6. The second-order valence-corrected chi connectivity index (χ2v) is 9.40. The van der Waals surface area contributed by atoms with Crippen molar-refractivity contribution in [3.8, 4) is 0 Å². The van der Waals surface area contributed by atoms with E-state index in [1.165, 1.54) is 25.7 Å². The van der Waals surface area contributed by atoms with Crippen molar-refractivity contribution in [2.75, 3.05) is 39.4 Å². The first-order chi connectivity index (χ1) is 13.6. The summed E-state index contributed by atoms with van der Waals surface area (Å²) in [4.78, 5) is 22.4. The van der Waals surface area contributed by atoms with Crippen LogP contribution in [0.3, 0.4) is 0 Å². The molecule has 1 aromatic rings. The molecule has 3 aliphatic heterocycles. The fourth-order valence-electron chi connectivity index (χ4n) is 6.01. The topological polar surface area (TPSA) is 71.7 Å². The first kappa shape index (κ1) is 18.6. The molecule has 1 amide bonds. The van der Waals surface area contributed by atoms with E-state index in [0.717, 1.165) is 64.5 Å². The summed E-state index contributed by atoms with van der Waals surface area (Å²) in [5, 5.41) is 4.08. The molecular formula is C21H32N4O3. The lowest BCUT2D eigenvalue weighted by molar-refractivity contribution is -0.131. The van der Waals surface area contributed by atoms with Gasteiger partial charge in [0, 0.05) is 57.8 Å². The number of ether oxygens (including phenoxy) is 1. The van der Waals surface area contributed by atoms with Crippen molar-refractivity contribution < 1.29 is 14.1 Å². The molecule has 3 saturated heterocycles. The van der Waals surface area contributed by atoms with E-state index in [1.807, 2.05) is 6.92 Å². The van der Waals surface area contributed by atoms with Crippen LogP contribution in [0, 0.1) is 18.8 Å². The van der Waals surface area contributed by atoms with Gasteiger partial charge in [0.05, 0.1) is 5.41 Å². The number of rotatable bonds is 4. The highest BCUT2D eigenvalue weighted by atomic mass is 16.5. The molecular weight excluding hydrogens is 356 g/mol. The van der Waals surface area contributed by atoms with Gasteiger partial charge in [-0.25, -0.2) is 0 Å². The quantitative estimate of drug-likeness (QED) is 0.787. The zero-order valence-corrected chi connectivity index (χ0v) is 16.9. The lowest BCUT2D eigenvalue weighted by Crippen LogP contribution is -2.44. The Bertz CT molecular complexity index is 710. The Hall–Kier alpha value is -1.47. The van der Waals surface area contributed by atoms with Crippen molar-refractivity contribution in [1.29, 1.82) is 0 Å². The third-order valence-electron chi connectivity index (χ3n) is 7.59. The zero-order valence-electron chi connectivity index (χ0n) is 16.9. The smallest absolute Gasteiger partial charge is 0.236 e. The number of hydrogen-bond donors (Lipinski definition) is 0. The van der Waals surface area contributed by atoms with Crippen LogP contribution >= 0.6 is 0 Å². The Morgan fingerprint density at radius 3 is 2.64 bits per heavy atom. The predicted octanol–water partition coefficient (Wildman–Crippen LogP) is 2.15. The molecule has 1 aliphatic carbocycles. The Labute approximate surface area is 166 Å². The summed E-state index contributed by atoms with van der Waals surface area (Å²) in [7, 11) is 0. The average Bonchev–Trinajstić information content (AvgIpc) is 3.45. The molecule has 4 fully saturated rings. The maximum absolute atomic E-state index is 13.0. The number of likely N-dealkylation sites (tertiary alicyclic amines) is 2. The predicted molar refractivity (Wildman–Crippen MR) is 103 cm³/mol. The number of fused-ring (bicyclic) bond motifs is 1. The van der Waals surface area contributed by atoms with Crippen LogP contribution in [0.25, 0.3) is 0 Å². The van der Waals surface area contributed by atoms with E-state index in [9.17, 15) is 4.79 Å². The minimum atomic E-state index is -0.203. The second-order valence-electron chi connectivity index (χ2n) is 9.40. The Morgan fingerprint density at radius 2 is 1.93 bits per heavy atom. The van der Waals surface area contributed by atoms with E-state index in [4.69, 9.17) is 9.26 Å². The highest BCUT2D eigenvalue weighted by molar-refractivity contribution is 5.77. The third kappa shape index (κ3) is 3.26. The van der Waals surface area contributed by atoms with E-state index in [-0.39, 0.29) is 5.41 Å². The number of aryl methyl sites for hydroxylation is 1. The molecule has 7 nitrogen and oxygen atoms in total. The molecule has 0 N–H and O–H groups in total. The first-order valence-corrected chi connectivity index (χ1v) is 11.0. The molecule has 1 saturated carbocycles. The monoisotopic (exact) mass is 388 g/mol. The summed E-state index contributed by atoms with van der Waals surface area (Å²) in [6, 6.07) is 0.572. The van der Waals surface area contributed by atoms with Crippen LogP contribution in [-0.4, -0.2) is 71.3 Å². The van der Waals surface area contributed by atoms with Gasteiger partial charge in [-0.05, 0) is 38.5 Å². The fourth-order valence-corrected chi connectivity index (χ4v) is 6.01. The van der Waals surface area contributed by atoms with Crippen molar-refractivity contribution >= 4 is 5.91 Å². The van der Waals surface area contributed by atoms with Crippen LogP contribution < -0.4 is 0 Å². The van der Waals surface area contributed by atoms with Crippen LogP contribution in [0.5, 0.6) is 0 Å².